The van der Waals surface area contributed by atoms with Crippen LogP contribution in [0.25, 0.3) is 5.69 Å². The Bertz CT molecular complexity index is 521. The summed E-state index contributed by atoms with van der Waals surface area (Å²) in [5.41, 5.74) is 1.31. The molecule has 1 amide bonds. The number of carbonyl (C=O) groups is 1. The minimum atomic E-state index is -0.186. The third-order valence-corrected chi connectivity index (χ3v) is 2.61. The number of carbonyl (C=O) groups excluding carboxylic acids is 1. The fourth-order valence-electron chi connectivity index (χ4n) is 1.34. The number of amides is 1. The molecule has 0 atom stereocenters. The first-order chi connectivity index (χ1) is 7.70. The summed E-state index contributed by atoms with van der Waals surface area (Å²) in [5, 5.41) is 6.71. The van der Waals surface area contributed by atoms with Crippen molar-refractivity contribution in [3.05, 3.63) is 46.7 Å². The van der Waals surface area contributed by atoms with E-state index in [9.17, 15) is 4.79 Å². The van der Waals surface area contributed by atoms with E-state index in [2.05, 4.69) is 26.3 Å². The molecule has 2 rings (SSSR count). The van der Waals surface area contributed by atoms with Crippen molar-refractivity contribution in [2.75, 3.05) is 7.05 Å². The molecule has 0 radical (unpaired) electrons. The quantitative estimate of drug-likeness (QED) is 0.914. The first-order valence-electron chi connectivity index (χ1n) is 4.74. The first kappa shape index (κ1) is 10.9. The summed E-state index contributed by atoms with van der Waals surface area (Å²) in [6.07, 6.45) is 1.76. The standard InChI is InChI=1S/C11H10BrN3O/c1-13-11(16)10-5-6-15(14-10)9-4-2-3-8(12)7-9/h2-7H,1H3,(H,13,16). The largest absolute Gasteiger partial charge is 0.354 e. The minimum Gasteiger partial charge on any atom is -0.354 e. The van der Waals surface area contributed by atoms with Crippen LogP contribution in [0.1, 0.15) is 10.5 Å². The maximum absolute atomic E-state index is 11.3. The van der Waals surface area contributed by atoms with Crippen molar-refractivity contribution in [2.45, 2.75) is 0 Å². The molecule has 0 bridgehead atoms. The number of nitrogens with zero attached hydrogens (tertiary/aromatic N) is 2. The average molecular weight is 280 g/mol. The Morgan fingerprint density at radius 1 is 1.44 bits per heavy atom. The van der Waals surface area contributed by atoms with E-state index in [0.717, 1.165) is 10.2 Å². The minimum absolute atomic E-state index is 0.186. The normalized spacial score (nSPS) is 10.1. The number of hydrogen-bond donors (Lipinski definition) is 1. The van der Waals surface area contributed by atoms with Gasteiger partial charge in [-0.05, 0) is 24.3 Å². The molecule has 16 heavy (non-hydrogen) atoms. The van der Waals surface area contributed by atoms with Crippen molar-refractivity contribution < 1.29 is 4.79 Å². The lowest BCUT2D eigenvalue weighted by molar-refractivity contribution is 0.0958. The number of halogens is 1. The van der Waals surface area contributed by atoms with Gasteiger partial charge in [0.15, 0.2) is 5.69 Å². The van der Waals surface area contributed by atoms with E-state index in [4.69, 9.17) is 0 Å². The highest BCUT2D eigenvalue weighted by Crippen LogP contribution is 2.14. The lowest BCUT2D eigenvalue weighted by atomic mass is 10.3. The molecule has 0 aliphatic rings. The highest BCUT2D eigenvalue weighted by atomic mass is 79.9. The molecule has 4 nitrogen and oxygen atoms in total. The second-order valence-electron chi connectivity index (χ2n) is 3.20. The fourth-order valence-corrected chi connectivity index (χ4v) is 1.72. The summed E-state index contributed by atoms with van der Waals surface area (Å²) in [7, 11) is 1.58. The lowest BCUT2D eigenvalue weighted by Gasteiger charge is -2.01. The molecule has 1 aromatic carbocycles. The molecule has 5 heteroatoms. The molecule has 2 aromatic rings. The Labute approximate surface area is 101 Å². The Hall–Kier alpha value is -1.62. The van der Waals surface area contributed by atoms with E-state index in [-0.39, 0.29) is 5.91 Å². The second kappa shape index (κ2) is 4.49. The van der Waals surface area contributed by atoms with Crippen LogP contribution in [0, 0.1) is 0 Å². The van der Waals surface area contributed by atoms with E-state index in [1.165, 1.54) is 0 Å². The van der Waals surface area contributed by atoms with Crippen LogP contribution in [0.15, 0.2) is 41.0 Å². The van der Waals surface area contributed by atoms with Crippen LogP contribution in [0.4, 0.5) is 0 Å². The lowest BCUT2D eigenvalue weighted by Crippen LogP contribution is -2.18. The molecule has 82 valence electrons. The van der Waals surface area contributed by atoms with E-state index in [0.29, 0.717) is 5.69 Å². The van der Waals surface area contributed by atoms with Gasteiger partial charge in [-0.15, -0.1) is 0 Å². The predicted molar refractivity (Wildman–Crippen MR) is 64.7 cm³/mol. The Morgan fingerprint density at radius 2 is 2.25 bits per heavy atom. The predicted octanol–water partition coefficient (Wildman–Crippen LogP) is 1.99. The first-order valence-corrected chi connectivity index (χ1v) is 5.53. The van der Waals surface area contributed by atoms with Crippen LogP contribution in [-0.4, -0.2) is 22.7 Å². The Morgan fingerprint density at radius 3 is 2.94 bits per heavy atom. The fraction of sp³-hybridized carbons (Fsp3) is 0.0909. The average Bonchev–Trinajstić information content (AvgIpc) is 2.77. The van der Waals surface area contributed by atoms with Gasteiger partial charge in [0, 0.05) is 17.7 Å². The molecular weight excluding hydrogens is 270 g/mol. The van der Waals surface area contributed by atoms with E-state index in [1.54, 1.807) is 24.0 Å². The number of benzene rings is 1. The molecule has 0 unspecified atom stereocenters. The van der Waals surface area contributed by atoms with Crippen LogP contribution in [0.3, 0.4) is 0 Å². The van der Waals surface area contributed by atoms with Crippen LogP contribution >= 0.6 is 15.9 Å². The maximum atomic E-state index is 11.3. The zero-order valence-electron chi connectivity index (χ0n) is 8.64. The molecule has 0 aliphatic heterocycles. The van der Waals surface area contributed by atoms with Crippen molar-refractivity contribution in [3.8, 4) is 5.69 Å². The van der Waals surface area contributed by atoms with Gasteiger partial charge in [-0.3, -0.25) is 4.79 Å². The summed E-state index contributed by atoms with van der Waals surface area (Å²) in [5.74, 6) is -0.186. The van der Waals surface area contributed by atoms with Crippen molar-refractivity contribution in [1.29, 1.82) is 0 Å². The molecule has 1 heterocycles. The summed E-state index contributed by atoms with van der Waals surface area (Å²) in [4.78, 5) is 11.3. The van der Waals surface area contributed by atoms with Crippen LogP contribution in [0.5, 0.6) is 0 Å². The second-order valence-corrected chi connectivity index (χ2v) is 4.12. The Kier molecular flexibility index (Phi) is 3.05. The summed E-state index contributed by atoms with van der Waals surface area (Å²) in [6.45, 7) is 0. The van der Waals surface area contributed by atoms with Gasteiger partial charge in [-0.1, -0.05) is 22.0 Å². The number of hydrogen-bond acceptors (Lipinski definition) is 2. The van der Waals surface area contributed by atoms with Crippen molar-refractivity contribution in [2.24, 2.45) is 0 Å². The van der Waals surface area contributed by atoms with Crippen LogP contribution < -0.4 is 5.32 Å². The van der Waals surface area contributed by atoms with Gasteiger partial charge in [0.2, 0.25) is 0 Å². The van der Waals surface area contributed by atoms with Crippen molar-refractivity contribution in [3.63, 3.8) is 0 Å². The number of rotatable bonds is 2. The van der Waals surface area contributed by atoms with Gasteiger partial charge in [0.05, 0.1) is 5.69 Å². The molecule has 0 saturated heterocycles. The van der Waals surface area contributed by atoms with Gasteiger partial charge < -0.3 is 5.32 Å². The van der Waals surface area contributed by atoms with Gasteiger partial charge >= 0.3 is 0 Å². The highest BCUT2D eigenvalue weighted by molar-refractivity contribution is 9.10. The molecule has 1 N–H and O–H groups in total. The smallest absolute Gasteiger partial charge is 0.271 e. The third kappa shape index (κ3) is 2.14. The monoisotopic (exact) mass is 279 g/mol. The van der Waals surface area contributed by atoms with Gasteiger partial charge in [0.25, 0.3) is 5.91 Å². The van der Waals surface area contributed by atoms with Crippen molar-refractivity contribution in [1.82, 2.24) is 15.1 Å². The van der Waals surface area contributed by atoms with Gasteiger partial charge in [-0.2, -0.15) is 5.10 Å². The topological polar surface area (TPSA) is 46.9 Å². The number of nitrogens with one attached hydrogen (secondary N) is 1. The Balaban J connectivity index is 2.35. The molecule has 0 spiro atoms. The van der Waals surface area contributed by atoms with E-state index >= 15 is 0 Å². The van der Waals surface area contributed by atoms with Gasteiger partial charge in [-0.25, -0.2) is 4.68 Å². The molecule has 0 saturated carbocycles. The third-order valence-electron chi connectivity index (χ3n) is 2.12. The molecule has 1 aromatic heterocycles. The highest BCUT2D eigenvalue weighted by Gasteiger charge is 2.07. The zero-order valence-corrected chi connectivity index (χ0v) is 10.2. The van der Waals surface area contributed by atoms with E-state index < -0.39 is 0 Å². The van der Waals surface area contributed by atoms with Crippen LogP contribution in [-0.2, 0) is 0 Å². The van der Waals surface area contributed by atoms with Crippen LogP contribution in [0.2, 0.25) is 0 Å². The molecule has 0 fully saturated rings. The van der Waals surface area contributed by atoms with Gasteiger partial charge in [0.1, 0.15) is 0 Å². The molecule has 0 aliphatic carbocycles. The maximum Gasteiger partial charge on any atom is 0.271 e. The SMILES string of the molecule is CNC(=O)c1ccn(-c2cccc(Br)c2)n1. The summed E-state index contributed by atoms with van der Waals surface area (Å²) in [6, 6.07) is 9.39. The van der Waals surface area contributed by atoms with E-state index in [1.807, 2.05) is 24.3 Å². The van der Waals surface area contributed by atoms with Crippen molar-refractivity contribution >= 4 is 21.8 Å². The molecular formula is C11H10BrN3O. The summed E-state index contributed by atoms with van der Waals surface area (Å²) >= 11 is 3.39. The summed E-state index contributed by atoms with van der Waals surface area (Å²) < 4.78 is 2.64. The zero-order chi connectivity index (χ0) is 11.5. The number of aromatic nitrogens is 2.